The summed E-state index contributed by atoms with van der Waals surface area (Å²) in [6.45, 7) is 0. The molecule has 0 aromatic heterocycles. The second-order valence-electron chi connectivity index (χ2n) is 3.51. The maximum absolute atomic E-state index is 13.9. The Hall–Kier alpha value is -2.22. The quantitative estimate of drug-likeness (QED) is 0.573. The van der Waals surface area contributed by atoms with E-state index in [9.17, 15) is 18.8 Å². The van der Waals surface area contributed by atoms with Crippen LogP contribution in [-0.4, -0.2) is 44.7 Å². The monoisotopic (exact) mass is 244 g/mol. The van der Waals surface area contributed by atoms with Crippen molar-refractivity contribution >= 4 is 17.9 Å². The van der Waals surface area contributed by atoms with Crippen molar-refractivity contribution < 1.29 is 38.8 Å². The minimum absolute atomic E-state index is 0.541. The maximum Gasteiger partial charge on any atom is 0.346 e. The molecular formula is C9H5FO7. The molecule has 0 saturated carbocycles. The van der Waals surface area contributed by atoms with Crippen LogP contribution in [-0.2, 0) is 19.1 Å². The van der Waals surface area contributed by atoms with Crippen molar-refractivity contribution in [3.63, 3.8) is 0 Å². The normalized spacial score (nSPS) is 34.2. The molecule has 2 atom stereocenters. The van der Waals surface area contributed by atoms with Crippen molar-refractivity contribution in [3.05, 3.63) is 23.3 Å². The molecule has 8 heteroatoms. The molecule has 0 spiro atoms. The zero-order valence-corrected chi connectivity index (χ0v) is 8.01. The third-order valence-corrected chi connectivity index (χ3v) is 2.54. The first-order chi connectivity index (χ1) is 7.74. The maximum atomic E-state index is 13.9. The van der Waals surface area contributed by atoms with Crippen LogP contribution in [0.15, 0.2) is 23.3 Å². The molecule has 1 fully saturated rings. The molecule has 2 aliphatic rings. The summed E-state index contributed by atoms with van der Waals surface area (Å²) in [5, 5.41) is 26.2. The van der Waals surface area contributed by atoms with Gasteiger partial charge in [0.05, 0.1) is 5.57 Å². The Morgan fingerprint density at radius 3 is 2.18 bits per heavy atom. The number of aliphatic carboxylic acids is 3. The van der Waals surface area contributed by atoms with Crippen molar-refractivity contribution in [2.75, 3.05) is 0 Å². The lowest BCUT2D eigenvalue weighted by Gasteiger charge is -2.13. The molecule has 0 radical (unpaired) electrons. The van der Waals surface area contributed by atoms with Crippen molar-refractivity contribution in [3.8, 4) is 0 Å². The predicted octanol–water partition coefficient (Wildman–Crippen LogP) is -0.459. The van der Waals surface area contributed by atoms with Gasteiger partial charge < -0.3 is 20.1 Å². The van der Waals surface area contributed by atoms with Crippen LogP contribution in [0.1, 0.15) is 0 Å². The molecule has 90 valence electrons. The van der Waals surface area contributed by atoms with Gasteiger partial charge in [0, 0.05) is 0 Å². The fraction of sp³-hybridized carbons (Fsp3) is 0.222. The molecule has 2 unspecified atom stereocenters. The molecule has 1 aliphatic heterocycles. The molecule has 0 aromatic rings. The van der Waals surface area contributed by atoms with Crippen LogP contribution in [0.5, 0.6) is 0 Å². The highest BCUT2D eigenvalue weighted by atomic mass is 19.2. The molecular weight excluding hydrogens is 239 g/mol. The van der Waals surface area contributed by atoms with Crippen molar-refractivity contribution in [1.29, 1.82) is 0 Å². The second kappa shape index (κ2) is 2.92. The van der Waals surface area contributed by atoms with Crippen molar-refractivity contribution in [2.24, 2.45) is 0 Å². The molecule has 7 nitrogen and oxygen atoms in total. The molecule has 3 N–H and O–H groups in total. The van der Waals surface area contributed by atoms with Gasteiger partial charge in [0.15, 0.2) is 0 Å². The minimum atomic E-state index is -3.01. The molecule has 17 heavy (non-hydrogen) atoms. The number of halogens is 1. The van der Waals surface area contributed by atoms with Gasteiger partial charge in [-0.15, -0.1) is 0 Å². The SMILES string of the molecule is O=C(O)C1=CC2(C(=O)O)OC2(F)C(C(=O)O)=C1. The van der Waals surface area contributed by atoms with Gasteiger partial charge in [-0.25, -0.2) is 18.8 Å². The number of alkyl halides is 1. The van der Waals surface area contributed by atoms with E-state index in [4.69, 9.17) is 15.3 Å². The Morgan fingerprint density at radius 2 is 1.76 bits per heavy atom. The van der Waals surface area contributed by atoms with Gasteiger partial charge in [-0.2, -0.15) is 0 Å². The third-order valence-electron chi connectivity index (χ3n) is 2.54. The first-order valence-corrected chi connectivity index (χ1v) is 4.29. The number of ether oxygens (including phenoxy) is 1. The van der Waals surface area contributed by atoms with E-state index >= 15 is 0 Å². The van der Waals surface area contributed by atoms with E-state index < -0.39 is 40.5 Å². The summed E-state index contributed by atoms with van der Waals surface area (Å²) in [6, 6.07) is 0. The Morgan fingerprint density at radius 1 is 1.18 bits per heavy atom. The van der Waals surface area contributed by atoms with Gasteiger partial charge in [0.25, 0.3) is 11.5 Å². The van der Waals surface area contributed by atoms with E-state index in [1.54, 1.807) is 0 Å². The zero-order chi connectivity index (χ0) is 13.0. The van der Waals surface area contributed by atoms with Crippen LogP contribution < -0.4 is 0 Å². The fourth-order valence-electron chi connectivity index (χ4n) is 1.65. The van der Waals surface area contributed by atoms with E-state index in [1.165, 1.54) is 0 Å². The van der Waals surface area contributed by atoms with Crippen LogP contribution >= 0.6 is 0 Å². The topological polar surface area (TPSA) is 124 Å². The summed E-state index contributed by atoms with van der Waals surface area (Å²) >= 11 is 0. The van der Waals surface area contributed by atoms with E-state index in [1.807, 2.05) is 0 Å². The highest BCUT2D eigenvalue weighted by molar-refractivity contribution is 6.03. The highest BCUT2D eigenvalue weighted by Crippen LogP contribution is 2.58. The largest absolute Gasteiger partial charge is 0.479 e. The summed E-state index contributed by atoms with van der Waals surface area (Å²) < 4.78 is 18.2. The van der Waals surface area contributed by atoms with Crippen LogP contribution in [0, 0.1) is 0 Å². The van der Waals surface area contributed by atoms with Crippen LogP contribution in [0.4, 0.5) is 4.39 Å². The molecule has 1 heterocycles. The van der Waals surface area contributed by atoms with Crippen LogP contribution in [0.25, 0.3) is 0 Å². The third kappa shape index (κ3) is 1.21. The molecule has 0 aromatic carbocycles. The van der Waals surface area contributed by atoms with Gasteiger partial charge in [-0.1, -0.05) is 0 Å². The summed E-state index contributed by atoms with van der Waals surface area (Å²) in [5.41, 5.74) is -4.24. The summed E-state index contributed by atoms with van der Waals surface area (Å²) in [5.74, 6) is -8.14. The molecule has 1 saturated heterocycles. The lowest BCUT2D eigenvalue weighted by molar-refractivity contribution is -0.141. The van der Waals surface area contributed by atoms with Crippen LogP contribution in [0.3, 0.4) is 0 Å². The first kappa shape index (κ1) is 11.3. The standard InChI is InChI=1S/C9H5FO7/c10-9-4(6(13)14)1-3(5(11)12)2-8(9,17-9)7(15)16/h1-2H,(H,11,12)(H,13,14)(H,15,16). The van der Waals surface area contributed by atoms with Crippen molar-refractivity contribution in [1.82, 2.24) is 0 Å². The number of hydrogen-bond acceptors (Lipinski definition) is 4. The first-order valence-electron chi connectivity index (χ1n) is 4.29. The van der Waals surface area contributed by atoms with E-state index in [0.717, 1.165) is 0 Å². The van der Waals surface area contributed by atoms with Crippen LogP contribution in [0.2, 0.25) is 0 Å². The zero-order valence-electron chi connectivity index (χ0n) is 8.01. The Labute approximate surface area is 92.4 Å². The Bertz CT molecular complexity index is 519. The Kier molecular flexibility index (Phi) is 1.93. The molecule has 0 bridgehead atoms. The number of epoxide rings is 1. The van der Waals surface area contributed by atoms with Gasteiger partial charge in [-0.3, -0.25) is 0 Å². The number of rotatable bonds is 3. The number of carboxylic acids is 3. The number of carbonyl (C=O) groups is 3. The smallest absolute Gasteiger partial charge is 0.346 e. The summed E-state index contributed by atoms with van der Waals surface area (Å²) in [6.07, 6.45) is 1.09. The number of fused-ring (bicyclic) bond motifs is 1. The molecule has 0 amide bonds. The summed E-state index contributed by atoms with van der Waals surface area (Å²) in [4.78, 5) is 32.2. The van der Waals surface area contributed by atoms with E-state index in [0.29, 0.717) is 12.2 Å². The van der Waals surface area contributed by atoms with Gasteiger partial charge >= 0.3 is 17.9 Å². The lowest BCUT2D eigenvalue weighted by Crippen LogP contribution is -2.36. The van der Waals surface area contributed by atoms with E-state index in [2.05, 4.69) is 4.74 Å². The number of carboxylic acid groups (broad SMARTS) is 3. The van der Waals surface area contributed by atoms with Gasteiger partial charge in [0.2, 0.25) is 0 Å². The highest BCUT2D eigenvalue weighted by Gasteiger charge is 2.80. The molecule has 2 rings (SSSR count). The van der Waals surface area contributed by atoms with Crippen molar-refractivity contribution in [2.45, 2.75) is 11.5 Å². The average Bonchev–Trinajstić information content (AvgIpc) is 2.83. The fourth-order valence-corrected chi connectivity index (χ4v) is 1.65. The average molecular weight is 244 g/mol. The predicted molar refractivity (Wildman–Crippen MR) is 46.7 cm³/mol. The second-order valence-corrected chi connectivity index (χ2v) is 3.51. The Balaban J connectivity index is 2.59. The summed E-state index contributed by atoms with van der Waals surface area (Å²) in [7, 11) is 0. The molecule has 1 aliphatic carbocycles. The van der Waals surface area contributed by atoms with E-state index in [-0.39, 0.29) is 0 Å². The number of hydrogen-bond donors (Lipinski definition) is 3. The van der Waals surface area contributed by atoms with Gasteiger partial charge in [-0.05, 0) is 12.2 Å². The minimum Gasteiger partial charge on any atom is -0.479 e. The van der Waals surface area contributed by atoms with Gasteiger partial charge in [0.1, 0.15) is 5.57 Å². The lowest BCUT2D eigenvalue weighted by atomic mass is 9.88.